The van der Waals surface area contributed by atoms with Crippen LogP contribution in [0.5, 0.6) is 0 Å². The summed E-state index contributed by atoms with van der Waals surface area (Å²) < 4.78 is 5.22. The van der Waals surface area contributed by atoms with E-state index < -0.39 is 0 Å². The van der Waals surface area contributed by atoms with Gasteiger partial charge in [0.1, 0.15) is 18.1 Å². The Bertz CT molecular complexity index is 235. The second-order valence-electron chi connectivity index (χ2n) is 2.65. The maximum absolute atomic E-state index is 8.70. The second-order valence-corrected chi connectivity index (χ2v) is 2.65. The molecule has 1 aromatic rings. The molecular formula is C8H14N2O2. The first-order chi connectivity index (χ1) is 5.77. The van der Waals surface area contributed by atoms with Crippen molar-refractivity contribution in [3.05, 3.63) is 23.7 Å². The summed E-state index contributed by atoms with van der Waals surface area (Å²) in [4.78, 5) is 0. The van der Waals surface area contributed by atoms with E-state index in [2.05, 4.69) is 0 Å². The van der Waals surface area contributed by atoms with Crippen molar-refractivity contribution in [1.82, 2.24) is 0 Å². The monoisotopic (exact) mass is 170 g/mol. The molecule has 1 atom stereocenters. The summed E-state index contributed by atoms with van der Waals surface area (Å²) in [5.41, 5.74) is 11.1. The molecule has 1 heterocycles. The Kier molecular flexibility index (Phi) is 3.28. The Labute approximate surface area is 71.2 Å². The van der Waals surface area contributed by atoms with Crippen molar-refractivity contribution in [2.24, 2.45) is 11.5 Å². The van der Waals surface area contributed by atoms with E-state index in [-0.39, 0.29) is 12.6 Å². The molecule has 0 bridgehead atoms. The molecule has 0 fully saturated rings. The molecule has 68 valence electrons. The lowest BCUT2D eigenvalue weighted by atomic mass is 10.2. The zero-order chi connectivity index (χ0) is 8.97. The van der Waals surface area contributed by atoms with Crippen LogP contribution in [0.25, 0.3) is 0 Å². The molecule has 1 rings (SSSR count). The summed E-state index contributed by atoms with van der Waals surface area (Å²) in [5.74, 6) is 1.22. The van der Waals surface area contributed by atoms with Crippen LogP contribution >= 0.6 is 0 Å². The molecule has 0 amide bonds. The molecule has 0 spiro atoms. The van der Waals surface area contributed by atoms with E-state index in [4.69, 9.17) is 21.0 Å². The maximum atomic E-state index is 8.70. The summed E-state index contributed by atoms with van der Waals surface area (Å²) in [6.45, 7) is 0.450. The van der Waals surface area contributed by atoms with Crippen LogP contribution in [0.2, 0.25) is 0 Å². The minimum atomic E-state index is -0.157. The normalized spacial score (nSPS) is 13.2. The van der Waals surface area contributed by atoms with E-state index in [1.807, 2.05) is 0 Å². The smallest absolute Gasteiger partial charge is 0.129 e. The Morgan fingerprint density at radius 1 is 1.50 bits per heavy atom. The predicted molar refractivity (Wildman–Crippen MR) is 45.2 cm³/mol. The van der Waals surface area contributed by atoms with Crippen molar-refractivity contribution < 1.29 is 9.52 Å². The Balaban J connectivity index is 2.61. The lowest BCUT2D eigenvalue weighted by molar-refractivity contribution is 0.241. The van der Waals surface area contributed by atoms with E-state index in [1.54, 1.807) is 12.1 Å². The highest BCUT2D eigenvalue weighted by Crippen LogP contribution is 2.16. The minimum absolute atomic E-state index is 0.0880. The third-order valence-electron chi connectivity index (χ3n) is 1.68. The standard InChI is InChI=1S/C8H14N2O2/c9-4-3-7(10)8-2-1-6(5-11)12-8/h1-2,7,11H,3-5,9-10H2/t7-/m1/s1. The predicted octanol–water partition coefficient (Wildman–Crippen LogP) is 0.120. The lowest BCUT2D eigenvalue weighted by Crippen LogP contribution is -2.14. The third-order valence-corrected chi connectivity index (χ3v) is 1.68. The van der Waals surface area contributed by atoms with Gasteiger partial charge in [0.05, 0.1) is 6.04 Å². The van der Waals surface area contributed by atoms with Gasteiger partial charge in [0.15, 0.2) is 0 Å². The van der Waals surface area contributed by atoms with Gasteiger partial charge in [-0.2, -0.15) is 0 Å². The highest BCUT2D eigenvalue weighted by Gasteiger charge is 2.09. The minimum Gasteiger partial charge on any atom is -0.462 e. The van der Waals surface area contributed by atoms with Crippen LogP contribution in [-0.2, 0) is 6.61 Å². The van der Waals surface area contributed by atoms with Crippen LogP contribution in [0.4, 0.5) is 0 Å². The number of aliphatic hydroxyl groups is 1. The fraction of sp³-hybridized carbons (Fsp3) is 0.500. The summed E-state index contributed by atoms with van der Waals surface area (Å²) in [7, 11) is 0. The molecule has 0 saturated carbocycles. The van der Waals surface area contributed by atoms with Gasteiger partial charge in [0, 0.05) is 0 Å². The molecular weight excluding hydrogens is 156 g/mol. The van der Waals surface area contributed by atoms with Crippen molar-refractivity contribution in [2.75, 3.05) is 6.54 Å². The summed E-state index contributed by atoms with van der Waals surface area (Å²) in [6, 6.07) is 3.33. The van der Waals surface area contributed by atoms with Crippen LogP contribution in [0.3, 0.4) is 0 Å². The Morgan fingerprint density at radius 3 is 2.75 bits per heavy atom. The van der Waals surface area contributed by atoms with Gasteiger partial charge in [-0.25, -0.2) is 0 Å². The first-order valence-electron chi connectivity index (χ1n) is 3.93. The molecule has 1 aromatic heterocycles. The summed E-state index contributed by atoms with van der Waals surface area (Å²) in [6.07, 6.45) is 0.693. The molecule has 0 aromatic carbocycles. The van der Waals surface area contributed by atoms with Gasteiger partial charge in [0.2, 0.25) is 0 Å². The van der Waals surface area contributed by atoms with Gasteiger partial charge >= 0.3 is 0 Å². The average molecular weight is 170 g/mol. The number of hydrogen-bond acceptors (Lipinski definition) is 4. The molecule has 4 heteroatoms. The van der Waals surface area contributed by atoms with Crippen LogP contribution < -0.4 is 11.5 Å². The molecule has 4 nitrogen and oxygen atoms in total. The molecule has 0 aliphatic rings. The van der Waals surface area contributed by atoms with Crippen LogP contribution in [0.15, 0.2) is 16.5 Å². The number of aliphatic hydroxyl groups excluding tert-OH is 1. The van der Waals surface area contributed by atoms with E-state index in [0.29, 0.717) is 24.5 Å². The Morgan fingerprint density at radius 2 is 2.25 bits per heavy atom. The first kappa shape index (κ1) is 9.25. The molecule has 5 N–H and O–H groups in total. The first-order valence-corrected chi connectivity index (χ1v) is 3.93. The maximum Gasteiger partial charge on any atom is 0.129 e. The highest BCUT2D eigenvalue weighted by atomic mass is 16.4. The van der Waals surface area contributed by atoms with Crippen LogP contribution in [-0.4, -0.2) is 11.7 Å². The number of hydrogen-bond donors (Lipinski definition) is 3. The molecule has 0 aliphatic carbocycles. The van der Waals surface area contributed by atoms with Crippen LogP contribution in [0, 0.1) is 0 Å². The molecule has 0 unspecified atom stereocenters. The van der Waals surface area contributed by atoms with Gasteiger partial charge < -0.3 is 21.0 Å². The van der Waals surface area contributed by atoms with E-state index >= 15 is 0 Å². The third kappa shape index (κ3) is 2.07. The van der Waals surface area contributed by atoms with Gasteiger partial charge in [-0.3, -0.25) is 0 Å². The van der Waals surface area contributed by atoms with Crippen molar-refractivity contribution in [2.45, 2.75) is 19.1 Å². The topological polar surface area (TPSA) is 85.4 Å². The van der Waals surface area contributed by atoms with E-state index in [0.717, 1.165) is 0 Å². The molecule has 12 heavy (non-hydrogen) atoms. The van der Waals surface area contributed by atoms with Gasteiger partial charge in [-0.1, -0.05) is 0 Å². The fourth-order valence-electron chi connectivity index (χ4n) is 1.00. The van der Waals surface area contributed by atoms with Gasteiger partial charge in [0.25, 0.3) is 0 Å². The van der Waals surface area contributed by atoms with Gasteiger partial charge in [-0.05, 0) is 25.1 Å². The SMILES string of the molecule is NCC[C@@H](N)c1ccc(CO)o1. The molecule has 0 radical (unpaired) electrons. The number of nitrogens with two attached hydrogens (primary N) is 2. The second kappa shape index (κ2) is 4.25. The largest absolute Gasteiger partial charge is 0.462 e. The number of rotatable bonds is 4. The van der Waals surface area contributed by atoms with Crippen molar-refractivity contribution in [3.8, 4) is 0 Å². The summed E-state index contributed by atoms with van der Waals surface area (Å²) in [5, 5.41) is 8.70. The number of furan rings is 1. The fourth-order valence-corrected chi connectivity index (χ4v) is 1.00. The Hall–Kier alpha value is -0.840. The zero-order valence-corrected chi connectivity index (χ0v) is 6.86. The average Bonchev–Trinajstić information content (AvgIpc) is 2.52. The molecule has 0 saturated heterocycles. The lowest BCUT2D eigenvalue weighted by Gasteiger charge is -2.05. The highest BCUT2D eigenvalue weighted by molar-refractivity contribution is 5.09. The van der Waals surface area contributed by atoms with E-state index in [9.17, 15) is 0 Å². The zero-order valence-electron chi connectivity index (χ0n) is 6.86. The van der Waals surface area contributed by atoms with E-state index in [1.165, 1.54) is 0 Å². The van der Waals surface area contributed by atoms with Crippen molar-refractivity contribution >= 4 is 0 Å². The van der Waals surface area contributed by atoms with Gasteiger partial charge in [-0.15, -0.1) is 0 Å². The van der Waals surface area contributed by atoms with Crippen LogP contribution in [0.1, 0.15) is 24.0 Å². The quantitative estimate of drug-likeness (QED) is 0.599. The van der Waals surface area contributed by atoms with Crippen molar-refractivity contribution in [3.63, 3.8) is 0 Å². The van der Waals surface area contributed by atoms with Crippen molar-refractivity contribution in [1.29, 1.82) is 0 Å². The summed E-state index contributed by atoms with van der Waals surface area (Å²) >= 11 is 0. The molecule has 0 aliphatic heterocycles.